The van der Waals surface area contributed by atoms with Crippen LogP contribution < -0.4 is 5.73 Å². The second-order valence-corrected chi connectivity index (χ2v) is 5.36. The summed E-state index contributed by atoms with van der Waals surface area (Å²) in [5.74, 6) is 0. The monoisotopic (exact) mass is 295 g/mol. The molecule has 1 unspecified atom stereocenters. The summed E-state index contributed by atoms with van der Waals surface area (Å²) in [7, 11) is 0. The third-order valence-corrected chi connectivity index (χ3v) is 3.92. The Bertz CT molecular complexity index is 629. The highest BCUT2D eigenvalue weighted by Crippen LogP contribution is 2.31. The first-order chi connectivity index (χ1) is 9.97. The van der Waals surface area contributed by atoms with Gasteiger partial charge in [-0.3, -0.25) is 0 Å². The Kier molecular flexibility index (Phi) is 3.49. The molecule has 0 amide bonds. The fraction of sp³-hybridized carbons (Fsp3) is 0.400. The van der Waals surface area contributed by atoms with Crippen LogP contribution in [0.2, 0.25) is 0 Å². The molecule has 1 aliphatic carbocycles. The molecule has 1 atom stereocenters. The van der Waals surface area contributed by atoms with Crippen LogP contribution in [0.25, 0.3) is 5.69 Å². The van der Waals surface area contributed by atoms with Gasteiger partial charge in [0.25, 0.3) is 0 Å². The van der Waals surface area contributed by atoms with Crippen molar-refractivity contribution in [2.45, 2.75) is 37.9 Å². The van der Waals surface area contributed by atoms with Gasteiger partial charge in [0.2, 0.25) is 0 Å². The molecule has 0 aliphatic heterocycles. The van der Waals surface area contributed by atoms with E-state index in [0.29, 0.717) is 5.69 Å². The number of fused-ring (bicyclic) bond motifs is 1. The van der Waals surface area contributed by atoms with Gasteiger partial charge < -0.3 is 5.73 Å². The fourth-order valence-electron chi connectivity index (χ4n) is 2.77. The van der Waals surface area contributed by atoms with Gasteiger partial charge in [-0.25, -0.2) is 4.68 Å². The van der Waals surface area contributed by atoms with E-state index >= 15 is 0 Å². The average Bonchev–Trinajstić information content (AvgIpc) is 2.78. The SMILES string of the molecule is NC1CCCCc2c1cnn2-c1ccc(C(F)(F)F)cc1. The van der Waals surface area contributed by atoms with Gasteiger partial charge in [0, 0.05) is 17.3 Å². The van der Waals surface area contributed by atoms with E-state index in [4.69, 9.17) is 5.73 Å². The molecule has 112 valence electrons. The van der Waals surface area contributed by atoms with Gasteiger partial charge in [0.05, 0.1) is 17.4 Å². The molecule has 3 rings (SSSR count). The van der Waals surface area contributed by atoms with Gasteiger partial charge >= 0.3 is 6.18 Å². The summed E-state index contributed by atoms with van der Waals surface area (Å²) in [5, 5.41) is 4.31. The van der Waals surface area contributed by atoms with E-state index in [1.54, 1.807) is 10.9 Å². The third-order valence-electron chi connectivity index (χ3n) is 3.92. The van der Waals surface area contributed by atoms with E-state index in [9.17, 15) is 13.2 Å². The van der Waals surface area contributed by atoms with Gasteiger partial charge in [-0.15, -0.1) is 0 Å². The van der Waals surface area contributed by atoms with E-state index in [1.165, 1.54) is 12.1 Å². The highest BCUT2D eigenvalue weighted by atomic mass is 19.4. The van der Waals surface area contributed by atoms with E-state index in [2.05, 4.69) is 5.10 Å². The quantitative estimate of drug-likeness (QED) is 0.817. The molecule has 1 aromatic carbocycles. The van der Waals surface area contributed by atoms with Crippen molar-refractivity contribution in [2.75, 3.05) is 0 Å². The molecule has 0 bridgehead atoms. The fourth-order valence-corrected chi connectivity index (χ4v) is 2.77. The Hall–Kier alpha value is -1.82. The maximum atomic E-state index is 12.6. The normalized spacial score (nSPS) is 19.1. The Balaban J connectivity index is 1.98. The van der Waals surface area contributed by atoms with Gasteiger partial charge in [-0.2, -0.15) is 18.3 Å². The number of hydrogen-bond acceptors (Lipinski definition) is 2. The summed E-state index contributed by atoms with van der Waals surface area (Å²) in [5.41, 5.74) is 8.12. The first-order valence-electron chi connectivity index (χ1n) is 6.97. The van der Waals surface area contributed by atoms with Crippen molar-refractivity contribution in [1.82, 2.24) is 9.78 Å². The van der Waals surface area contributed by atoms with Gasteiger partial charge in [0.1, 0.15) is 0 Å². The second-order valence-electron chi connectivity index (χ2n) is 5.36. The smallest absolute Gasteiger partial charge is 0.324 e. The maximum absolute atomic E-state index is 12.6. The van der Waals surface area contributed by atoms with Crippen molar-refractivity contribution >= 4 is 0 Å². The molecule has 0 fully saturated rings. The summed E-state index contributed by atoms with van der Waals surface area (Å²) in [6.07, 6.45) is 1.27. The van der Waals surface area contributed by atoms with Crippen LogP contribution in [0.1, 0.15) is 42.1 Å². The van der Waals surface area contributed by atoms with E-state index < -0.39 is 11.7 Å². The van der Waals surface area contributed by atoms with Gasteiger partial charge in [0.15, 0.2) is 0 Å². The Morgan fingerprint density at radius 3 is 2.52 bits per heavy atom. The molecule has 1 heterocycles. The van der Waals surface area contributed by atoms with Crippen LogP contribution in [0.5, 0.6) is 0 Å². The van der Waals surface area contributed by atoms with Crippen molar-refractivity contribution in [1.29, 1.82) is 0 Å². The van der Waals surface area contributed by atoms with Crippen molar-refractivity contribution in [2.24, 2.45) is 5.73 Å². The number of benzene rings is 1. The van der Waals surface area contributed by atoms with Crippen LogP contribution in [0.3, 0.4) is 0 Å². The van der Waals surface area contributed by atoms with E-state index in [-0.39, 0.29) is 6.04 Å². The number of nitrogens with two attached hydrogens (primary N) is 1. The van der Waals surface area contributed by atoms with E-state index in [1.807, 2.05) is 0 Å². The summed E-state index contributed by atoms with van der Waals surface area (Å²) in [6.45, 7) is 0. The Morgan fingerprint density at radius 1 is 1.14 bits per heavy atom. The lowest BCUT2D eigenvalue weighted by Gasteiger charge is -2.11. The third kappa shape index (κ3) is 2.68. The summed E-state index contributed by atoms with van der Waals surface area (Å²) in [6, 6.07) is 5.03. The molecule has 0 saturated carbocycles. The van der Waals surface area contributed by atoms with Crippen molar-refractivity contribution < 1.29 is 13.2 Å². The van der Waals surface area contributed by atoms with E-state index in [0.717, 1.165) is 49.1 Å². The molecule has 2 N–H and O–H groups in total. The molecule has 3 nitrogen and oxygen atoms in total. The minimum absolute atomic E-state index is 0.0364. The lowest BCUT2D eigenvalue weighted by Crippen LogP contribution is -2.10. The zero-order chi connectivity index (χ0) is 15.0. The topological polar surface area (TPSA) is 43.8 Å². The lowest BCUT2D eigenvalue weighted by molar-refractivity contribution is -0.137. The number of aromatic nitrogens is 2. The Labute approximate surface area is 120 Å². The number of rotatable bonds is 1. The number of nitrogens with zero attached hydrogens (tertiary/aromatic N) is 2. The Morgan fingerprint density at radius 2 is 1.86 bits per heavy atom. The van der Waals surface area contributed by atoms with Gasteiger partial charge in [-0.05, 0) is 43.5 Å². The minimum atomic E-state index is -4.32. The standard InChI is InChI=1S/C15H16F3N3/c16-15(17,18)10-5-7-11(8-6-10)21-14-4-2-1-3-13(19)12(14)9-20-21/h5-9,13H,1-4,19H2. The first kappa shape index (κ1) is 14.1. The summed E-state index contributed by atoms with van der Waals surface area (Å²) < 4.78 is 39.5. The number of alkyl halides is 3. The summed E-state index contributed by atoms with van der Waals surface area (Å²) in [4.78, 5) is 0. The summed E-state index contributed by atoms with van der Waals surface area (Å²) >= 11 is 0. The van der Waals surface area contributed by atoms with Crippen molar-refractivity contribution in [3.8, 4) is 5.69 Å². The molecule has 2 aromatic rings. The predicted octanol–water partition coefficient (Wildman–Crippen LogP) is 3.62. The largest absolute Gasteiger partial charge is 0.416 e. The molecule has 0 saturated heterocycles. The molecule has 21 heavy (non-hydrogen) atoms. The zero-order valence-corrected chi connectivity index (χ0v) is 11.4. The van der Waals surface area contributed by atoms with Gasteiger partial charge in [-0.1, -0.05) is 6.42 Å². The average molecular weight is 295 g/mol. The molecule has 6 heteroatoms. The molecule has 0 spiro atoms. The van der Waals surface area contributed by atoms with Crippen LogP contribution in [0.4, 0.5) is 13.2 Å². The van der Waals surface area contributed by atoms with Crippen LogP contribution in [0, 0.1) is 0 Å². The number of halogens is 3. The first-order valence-corrected chi connectivity index (χ1v) is 6.97. The van der Waals surface area contributed by atoms with Crippen molar-refractivity contribution in [3.63, 3.8) is 0 Å². The maximum Gasteiger partial charge on any atom is 0.416 e. The highest BCUT2D eigenvalue weighted by Gasteiger charge is 2.30. The van der Waals surface area contributed by atoms with Crippen LogP contribution in [-0.2, 0) is 12.6 Å². The minimum Gasteiger partial charge on any atom is -0.324 e. The predicted molar refractivity (Wildman–Crippen MR) is 73.0 cm³/mol. The lowest BCUT2D eigenvalue weighted by atomic mass is 10.1. The van der Waals surface area contributed by atoms with Crippen molar-refractivity contribution in [3.05, 3.63) is 47.3 Å². The molecule has 0 radical (unpaired) electrons. The van der Waals surface area contributed by atoms with Crippen LogP contribution in [0.15, 0.2) is 30.5 Å². The number of hydrogen-bond donors (Lipinski definition) is 1. The molecular formula is C15H16F3N3. The molecular weight excluding hydrogens is 279 g/mol. The zero-order valence-electron chi connectivity index (χ0n) is 11.4. The molecule has 1 aromatic heterocycles. The molecule has 1 aliphatic rings. The van der Waals surface area contributed by atoms with Crippen LogP contribution in [-0.4, -0.2) is 9.78 Å². The second kappa shape index (κ2) is 5.18. The van der Waals surface area contributed by atoms with Crippen LogP contribution >= 0.6 is 0 Å². The highest BCUT2D eigenvalue weighted by molar-refractivity contribution is 5.39.